The fourth-order valence-corrected chi connectivity index (χ4v) is 10.5. The van der Waals surface area contributed by atoms with Crippen molar-refractivity contribution in [1.82, 2.24) is 0 Å². The van der Waals surface area contributed by atoms with Crippen molar-refractivity contribution in [3.05, 3.63) is 141 Å². The summed E-state index contributed by atoms with van der Waals surface area (Å²) < 4.78 is 54.4. The average molecular weight is 811 g/mol. The van der Waals surface area contributed by atoms with Gasteiger partial charge in [0, 0.05) is 39.8 Å². The Bertz CT molecular complexity index is 2350. The summed E-state index contributed by atoms with van der Waals surface area (Å²) in [6.07, 6.45) is 9.85. The third-order valence-corrected chi connectivity index (χ3v) is 13.7. The van der Waals surface area contributed by atoms with Crippen LogP contribution >= 0.6 is 0 Å². The molecule has 0 spiro atoms. The van der Waals surface area contributed by atoms with E-state index < -0.39 is 29.8 Å². The second-order valence-corrected chi connectivity index (χ2v) is 17.5. The van der Waals surface area contributed by atoms with E-state index in [0.29, 0.717) is 41.4 Å². The van der Waals surface area contributed by atoms with E-state index in [2.05, 4.69) is 90.9 Å². The number of hydrogen-bond acceptors (Lipinski definition) is 8. The van der Waals surface area contributed by atoms with Gasteiger partial charge in [-0.3, -0.25) is 0 Å². The number of nitrogens with two attached hydrogens (primary N) is 2. The number of allylic oxidation sites excluding steroid dienone is 1. The summed E-state index contributed by atoms with van der Waals surface area (Å²) in [5.41, 5.74) is 20.4. The van der Waals surface area contributed by atoms with Crippen molar-refractivity contribution in [2.24, 2.45) is 34.2 Å². The number of aryl methyl sites for hydroxylation is 3. The van der Waals surface area contributed by atoms with Crippen LogP contribution in [0.3, 0.4) is 0 Å². The summed E-state index contributed by atoms with van der Waals surface area (Å²) in [6.45, 7) is 6.83. The first-order valence-corrected chi connectivity index (χ1v) is 20.9. The number of rotatable bonds is 8. The molecule has 2 saturated carbocycles. The van der Waals surface area contributed by atoms with Crippen LogP contribution in [0.25, 0.3) is 0 Å². The molecule has 6 aliphatic rings. The van der Waals surface area contributed by atoms with Crippen LogP contribution in [0.1, 0.15) is 102 Å². The van der Waals surface area contributed by atoms with Gasteiger partial charge in [0.1, 0.15) is 18.0 Å². The van der Waals surface area contributed by atoms with Crippen molar-refractivity contribution in [2.75, 3.05) is 10.6 Å². The number of anilines is 2. The molecule has 2 heterocycles. The van der Waals surface area contributed by atoms with E-state index in [-0.39, 0.29) is 29.1 Å². The minimum Gasteiger partial charge on any atom is -0.476 e. The number of alkyl halides is 2. The lowest BCUT2D eigenvalue weighted by atomic mass is 9.66. The molecule has 6 N–H and O–H groups in total. The van der Waals surface area contributed by atoms with E-state index in [1.807, 2.05) is 12.1 Å². The number of nitrogens with one attached hydrogen (secondary N) is 2. The molecule has 0 amide bonds. The highest BCUT2D eigenvalue weighted by Crippen LogP contribution is 2.59. The summed E-state index contributed by atoms with van der Waals surface area (Å²) in [6, 6.07) is 25.0. The number of terminal acetylenes is 1. The minimum atomic E-state index is -2.92. The van der Waals surface area contributed by atoms with Crippen molar-refractivity contribution in [3.8, 4) is 18.4 Å². The van der Waals surface area contributed by atoms with Crippen LogP contribution in [0.15, 0.2) is 89.7 Å². The number of nitriles is 1. The number of ether oxygens (including phenoxy) is 2. The van der Waals surface area contributed by atoms with Crippen LogP contribution in [0.5, 0.6) is 0 Å². The number of nitrogens with zero attached hydrogens (tertiary/aromatic N) is 2. The van der Waals surface area contributed by atoms with Gasteiger partial charge < -0.3 is 31.6 Å². The van der Waals surface area contributed by atoms with Crippen LogP contribution in [-0.4, -0.2) is 24.7 Å². The smallest absolute Gasteiger partial charge is 0.283 e. The van der Waals surface area contributed by atoms with Crippen LogP contribution < -0.4 is 22.1 Å². The molecule has 0 saturated heterocycles. The molecule has 11 heteroatoms. The van der Waals surface area contributed by atoms with Crippen LogP contribution in [-0.2, 0) is 33.3 Å². The van der Waals surface area contributed by atoms with Crippen molar-refractivity contribution < 1.29 is 22.6 Å². The first-order valence-electron chi connectivity index (χ1n) is 20.9. The Morgan fingerprint density at radius 1 is 0.817 bits per heavy atom. The molecule has 2 aliphatic heterocycles. The van der Waals surface area contributed by atoms with E-state index in [1.165, 1.54) is 46.1 Å². The highest BCUT2D eigenvalue weighted by atomic mass is 19.3. The third kappa shape index (κ3) is 6.69. The Kier molecular flexibility index (Phi) is 9.77. The fraction of sp³-hybridized carbons (Fsp3) is 0.388. The molecule has 0 bridgehead atoms. The molecule has 8 nitrogen and oxygen atoms in total. The van der Waals surface area contributed by atoms with E-state index >= 15 is 0 Å². The number of fused-ring (bicyclic) bond motifs is 4. The standard InChI is InChI=1S/C27H30N2O.C22H19F3N4O/c1-5-18-7-10-21-19(12-18)8-11-24(21)29-20-9-6-17(4)22(13-20)27(16(2)3)15-26(28)30-25-14-23(25)27;23-17-5-3-13(28-18-6-2-12-7-11(10-26)1-4-14(12)18)8-15(17)22(20(24)25)16-9-19(16)30-21(27)29-22/h1,6-7,9-10,12-13,15-16,23-25,29H,8,11,14,28H2,2-4H3;1,3-5,7-8,16,18-20,28H,2,6,9H2,(H2,27,29)/t23-,24-,25+,27-;16-,18+,19+,22+/m00/s1. The Hall–Kier alpha value is -6.07. The molecule has 8 atom stereocenters. The molecular weight excluding hydrogens is 762 g/mol. The van der Waals surface area contributed by atoms with Gasteiger partial charge in [-0.05, 0) is 145 Å². The summed E-state index contributed by atoms with van der Waals surface area (Å²) in [4.78, 5) is 3.92. The molecule has 60 heavy (non-hydrogen) atoms. The molecule has 308 valence electrons. The molecule has 4 aromatic carbocycles. The summed E-state index contributed by atoms with van der Waals surface area (Å²) in [5, 5.41) is 16.2. The molecule has 0 radical (unpaired) electrons. The van der Waals surface area contributed by atoms with E-state index in [0.717, 1.165) is 48.8 Å². The number of benzene rings is 4. The predicted molar refractivity (Wildman–Crippen MR) is 227 cm³/mol. The molecule has 4 aliphatic carbocycles. The van der Waals surface area contributed by atoms with Crippen LogP contribution in [0.2, 0.25) is 0 Å². The predicted octanol–water partition coefficient (Wildman–Crippen LogP) is 9.18. The number of amidine groups is 1. The zero-order valence-electron chi connectivity index (χ0n) is 33.9. The third-order valence-electron chi connectivity index (χ3n) is 13.7. The van der Waals surface area contributed by atoms with Crippen LogP contribution in [0.4, 0.5) is 24.5 Å². The van der Waals surface area contributed by atoms with Crippen molar-refractivity contribution >= 4 is 17.4 Å². The van der Waals surface area contributed by atoms with Crippen LogP contribution in [0, 0.1) is 54.2 Å². The fourth-order valence-electron chi connectivity index (χ4n) is 10.5. The molecule has 10 rings (SSSR count). The Balaban J connectivity index is 0.000000154. The number of hydrogen-bond donors (Lipinski definition) is 4. The van der Waals surface area contributed by atoms with Gasteiger partial charge >= 0.3 is 0 Å². The lowest BCUT2D eigenvalue weighted by Crippen LogP contribution is -2.43. The second-order valence-electron chi connectivity index (χ2n) is 17.5. The quantitative estimate of drug-likeness (QED) is 0.131. The highest BCUT2D eigenvalue weighted by Gasteiger charge is 2.64. The van der Waals surface area contributed by atoms with Gasteiger partial charge in [0.2, 0.25) is 0 Å². The topological polar surface area (TPSA) is 131 Å². The Labute approximate surface area is 349 Å². The normalized spacial score (nSPS) is 28.8. The summed E-state index contributed by atoms with van der Waals surface area (Å²) >= 11 is 0. The maximum Gasteiger partial charge on any atom is 0.283 e. The number of halogens is 3. The number of aliphatic imine (C=N–C) groups is 1. The van der Waals surface area contributed by atoms with Gasteiger partial charge in [0.25, 0.3) is 12.4 Å². The minimum absolute atomic E-state index is 0.0505. The lowest BCUT2D eigenvalue weighted by Gasteiger charge is -2.40. The first kappa shape index (κ1) is 39.4. The van der Waals surface area contributed by atoms with Crippen molar-refractivity contribution in [1.29, 1.82) is 5.26 Å². The zero-order chi connectivity index (χ0) is 42.1. The van der Waals surface area contributed by atoms with Gasteiger partial charge in [-0.15, -0.1) is 6.42 Å². The first-order chi connectivity index (χ1) is 28.8. The monoisotopic (exact) mass is 810 g/mol. The maximum atomic E-state index is 14.8. The largest absolute Gasteiger partial charge is 0.476 e. The molecule has 0 aromatic heterocycles. The Morgan fingerprint density at radius 2 is 1.42 bits per heavy atom. The van der Waals surface area contributed by atoms with Crippen molar-refractivity contribution in [2.45, 2.75) is 101 Å². The summed E-state index contributed by atoms with van der Waals surface area (Å²) in [7, 11) is 0. The highest BCUT2D eigenvalue weighted by molar-refractivity contribution is 5.74. The Morgan fingerprint density at radius 3 is 2.05 bits per heavy atom. The lowest BCUT2D eigenvalue weighted by molar-refractivity contribution is 0.0177. The van der Waals surface area contributed by atoms with Gasteiger partial charge in [-0.25, -0.2) is 18.2 Å². The van der Waals surface area contributed by atoms with E-state index in [9.17, 15) is 13.2 Å². The van der Waals surface area contributed by atoms with E-state index in [1.54, 1.807) is 6.07 Å². The average Bonchev–Trinajstić information content (AvgIpc) is 4.12. The molecule has 4 aromatic rings. The van der Waals surface area contributed by atoms with Gasteiger partial charge in [0.05, 0.1) is 23.7 Å². The summed E-state index contributed by atoms with van der Waals surface area (Å²) in [5.74, 6) is 2.93. The molecular formula is C49H49F3N6O2. The van der Waals surface area contributed by atoms with E-state index in [4.69, 9.17) is 32.6 Å². The second kappa shape index (κ2) is 14.9. The van der Waals surface area contributed by atoms with Crippen molar-refractivity contribution in [3.63, 3.8) is 0 Å². The van der Waals surface area contributed by atoms with Gasteiger partial charge in [0.15, 0.2) is 11.4 Å². The molecule has 2 fully saturated rings. The van der Waals surface area contributed by atoms with Gasteiger partial charge in [-0.2, -0.15) is 5.26 Å². The van der Waals surface area contributed by atoms with Gasteiger partial charge in [-0.1, -0.05) is 38.0 Å². The SMILES string of the molecule is C#Cc1ccc2c(c1)CC[C@@H]2Nc1ccc(C)c([C@@]2(C(C)C)C=C(N)O[C@@H]3C[C@@H]32)c1.N#Cc1ccc2c(c1)CC[C@H]2Nc1ccc(F)c([C@@]2(C(F)F)N=C(N)O[C@@H]3C[C@@H]32)c1. The zero-order valence-corrected chi connectivity index (χ0v) is 33.9. The maximum absolute atomic E-state index is 14.8. The molecule has 0 unspecified atom stereocenters.